The number of carbonyl (C=O) groups excluding carboxylic acids is 1. The van der Waals surface area contributed by atoms with Crippen LogP contribution in [0.2, 0.25) is 0 Å². The first kappa shape index (κ1) is 14.2. The smallest absolute Gasteiger partial charge is 0.411 e. The molecule has 0 aromatic rings. The summed E-state index contributed by atoms with van der Waals surface area (Å²) in [6, 6.07) is -0.422. The van der Waals surface area contributed by atoms with E-state index in [1.54, 1.807) is 0 Å². The highest BCUT2D eigenvalue weighted by Crippen LogP contribution is 2.33. The van der Waals surface area contributed by atoms with E-state index in [1.807, 2.05) is 0 Å². The Balaban J connectivity index is 2.13. The summed E-state index contributed by atoms with van der Waals surface area (Å²) in [4.78, 5) is 11.3. The van der Waals surface area contributed by atoms with E-state index >= 15 is 0 Å². The van der Waals surface area contributed by atoms with E-state index in [2.05, 4.69) is 14.8 Å². The van der Waals surface area contributed by atoms with Gasteiger partial charge in [-0.1, -0.05) is 0 Å². The van der Waals surface area contributed by atoms with Crippen LogP contribution in [0, 0.1) is 5.92 Å². The molecule has 1 saturated carbocycles. The fraction of sp³-hybridized carbons (Fsp3) is 0.900. The van der Waals surface area contributed by atoms with Gasteiger partial charge in [0.15, 0.2) is 0 Å². The van der Waals surface area contributed by atoms with Crippen molar-refractivity contribution in [1.29, 1.82) is 0 Å². The minimum absolute atomic E-state index is 0.0836. The molecule has 0 saturated heterocycles. The van der Waals surface area contributed by atoms with Gasteiger partial charge in [0.2, 0.25) is 0 Å². The van der Waals surface area contributed by atoms with E-state index in [-0.39, 0.29) is 25.0 Å². The SMILES string of the molecule is COC(=O)C(NCCOCC(F)(F)F)C1CC1. The van der Waals surface area contributed by atoms with Gasteiger partial charge < -0.3 is 14.8 Å². The lowest BCUT2D eigenvalue weighted by Crippen LogP contribution is -2.41. The molecule has 1 atom stereocenters. The minimum atomic E-state index is -4.31. The molecule has 100 valence electrons. The van der Waals surface area contributed by atoms with E-state index in [9.17, 15) is 18.0 Å². The number of esters is 1. The lowest BCUT2D eigenvalue weighted by molar-refractivity contribution is -0.173. The number of ether oxygens (including phenoxy) is 2. The molecule has 1 fully saturated rings. The fourth-order valence-electron chi connectivity index (χ4n) is 1.47. The van der Waals surface area contributed by atoms with Crippen molar-refractivity contribution in [1.82, 2.24) is 5.32 Å². The molecule has 4 nitrogen and oxygen atoms in total. The van der Waals surface area contributed by atoms with Gasteiger partial charge in [-0.25, -0.2) is 0 Å². The molecule has 1 rings (SSSR count). The molecule has 0 aromatic heterocycles. The Labute approximate surface area is 97.5 Å². The largest absolute Gasteiger partial charge is 0.468 e. The average molecular weight is 255 g/mol. The highest BCUT2D eigenvalue weighted by Gasteiger charge is 2.36. The van der Waals surface area contributed by atoms with Crippen LogP contribution in [0.3, 0.4) is 0 Å². The summed E-state index contributed by atoms with van der Waals surface area (Å²) < 4.78 is 44.3. The zero-order valence-corrected chi connectivity index (χ0v) is 9.55. The first-order valence-electron chi connectivity index (χ1n) is 5.40. The van der Waals surface area contributed by atoms with E-state index in [4.69, 9.17) is 0 Å². The van der Waals surface area contributed by atoms with Crippen molar-refractivity contribution < 1.29 is 27.4 Å². The van der Waals surface area contributed by atoms with Crippen LogP contribution in [-0.4, -0.2) is 45.1 Å². The molecule has 0 amide bonds. The van der Waals surface area contributed by atoms with Crippen LogP contribution < -0.4 is 5.32 Å². The maximum absolute atomic E-state index is 11.7. The number of hydrogen-bond acceptors (Lipinski definition) is 4. The average Bonchev–Trinajstić information content (AvgIpc) is 3.04. The molecule has 0 heterocycles. The lowest BCUT2D eigenvalue weighted by atomic mass is 10.2. The second-order valence-corrected chi connectivity index (χ2v) is 3.96. The summed E-state index contributed by atoms with van der Waals surface area (Å²) in [6.07, 6.45) is -2.43. The van der Waals surface area contributed by atoms with Crippen molar-refractivity contribution in [2.24, 2.45) is 5.92 Å². The van der Waals surface area contributed by atoms with E-state index in [0.717, 1.165) is 12.8 Å². The molecule has 1 aliphatic rings. The second kappa shape index (κ2) is 6.20. The number of alkyl halides is 3. The Kier molecular flexibility index (Phi) is 5.20. The number of nitrogens with one attached hydrogen (secondary N) is 1. The number of carbonyl (C=O) groups is 1. The summed E-state index contributed by atoms with van der Waals surface area (Å²) in [7, 11) is 1.29. The molecule has 0 radical (unpaired) electrons. The number of rotatable bonds is 7. The molecule has 1 N–H and O–H groups in total. The van der Waals surface area contributed by atoms with Crippen molar-refractivity contribution in [3.05, 3.63) is 0 Å². The fourth-order valence-corrected chi connectivity index (χ4v) is 1.47. The highest BCUT2D eigenvalue weighted by atomic mass is 19.4. The van der Waals surface area contributed by atoms with E-state index < -0.39 is 18.8 Å². The zero-order valence-electron chi connectivity index (χ0n) is 9.55. The summed E-state index contributed by atoms with van der Waals surface area (Å²) in [5.74, 6) is -0.131. The van der Waals surface area contributed by atoms with Gasteiger partial charge in [0.25, 0.3) is 0 Å². The standard InChI is InChI=1S/C10H16F3NO3/c1-16-9(15)8(7-2-3-7)14-4-5-17-6-10(11,12)13/h7-8,14H,2-6H2,1H3. The van der Waals surface area contributed by atoms with Crippen LogP contribution in [-0.2, 0) is 14.3 Å². The molecule has 0 aromatic carbocycles. The monoisotopic (exact) mass is 255 g/mol. The van der Waals surface area contributed by atoms with Crippen molar-refractivity contribution in [3.8, 4) is 0 Å². The summed E-state index contributed by atoms with van der Waals surface area (Å²) >= 11 is 0. The Morgan fingerprint density at radius 3 is 2.59 bits per heavy atom. The van der Waals surface area contributed by atoms with Crippen LogP contribution >= 0.6 is 0 Å². The molecule has 0 spiro atoms. The van der Waals surface area contributed by atoms with Crippen molar-refractivity contribution >= 4 is 5.97 Å². The lowest BCUT2D eigenvalue weighted by Gasteiger charge is -2.15. The van der Waals surface area contributed by atoms with Gasteiger partial charge in [-0.2, -0.15) is 13.2 Å². The Hall–Kier alpha value is -0.820. The van der Waals surface area contributed by atoms with Crippen LogP contribution in [0.5, 0.6) is 0 Å². The van der Waals surface area contributed by atoms with Crippen LogP contribution in [0.4, 0.5) is 13.2 Å². The molecular weight excluding hydrogens is 239 g/mol. The van der Waals surface area contributed by atoms with Gasteiger partial charge in [0.05, 0.1) is 13.7 Å². The first-order valence-corrected chi connectivity index (χ1v) is 5.40. The molecule has 1 unspecified atom stereocenters. The molecule has 0 aliphatic heterocycles. The maximum Gasteiger partial charge on any atom is 0.411 e. The van der Waals surface area contributed by atoms with Crippen molar-refractivity contribution in [2.45, 2.75) is 25.1 Å². The van der Waals surface area contributed by atoms with Gasteiger partial charge in [-0.05, 0) is 18.8 Å². The molecule has 17 heavy (non-hydrogen) atoms. The Bertz CT molecular complexity index is 254. The van der Waals surface area contributed by atoms with Crippen LogP contribution in [0.1, 0.15) is 12.8 Å². The second-order valence-electron chi connectivity index (χ2n) is 3.96. The third-order valence-corrected chi connectivity index (χ3v) is 2.42. The van der Waals surface area contributed by atoms with Gasteiger partial charge in [-0.3, -0.25) is 4.79 Å². The van der Waals surface area contributed by atoms with Gasteiger partial charge in [0, 0.05) is 6.54 Å². The topological polar surface area (TPSA) is 47.6 Å². The van der Waals surface area contributed by atoms with Gasteiger partial charge in [0.1, 0.15) is 12.6 Å². The maximum atomic E-state index is 11.7. The first-order chi connectivity index (χ1) is 7.94. The molecule has 1 aliphatic carbocycles. The summed E-state index contributed by atoms with van der Waals surface area (Å²) in [5, 5.41) is 2.85. The normalized spacial score (nSPS) is 17.9. The Morgan fingerprint density at radius 1 is 1.47 bits per heavy atom. The number of hydrogen-bond donors (Lipinski definition) is 1. The quantitative estimate of drug-likeness (QED) is 0.547. The minimum Gasteiger partial charge on any atom is -0.468 e. The molecule has 7 heteroatoms. The summed E-state index contributed by atoms with van der Waals surface area (Å²) in [5.41, 5.74) is 0. The number of methoxy groups -OCH3 is 1. The predicted octanol–water partition coefficient (Wildman–Crippen LogP) is 1.11. The highest BCUT2D eigenvalue weighted by molar-refractivity contribution is 5.76. The Morgan fingerprint density at radius 2 is 2.12 bits per heavy atom. The third-order valence-electron chi connectivity index (χ3n) is 2.42. The predicted molar refractivity (Wildman–Crippen MR) is 53.4 cm³/mol. The van der Waals surface area contributed by atoms with Gasteiger partial charge in [-0.15, -0.1) is 0 Å². The molecular formula is C10H16F3NO3. The number of halogens is 3. The zero-order chi connectivity index (χ0) is 12.9. The van der Waals surface area contributed by atoms with Crippen LogP contribution in [0.25, 0.3) is 0 Å². The third kappa shape index (κ3) is 5.88. The van der Waals surface area contributed by atoms with Gasteiger partial charge >= 0.3 is 12.1 Å². The molecule has 0 bridgehead atoms. The summed E-state index contributed by atoms with van der Waals surface area (Å²) in [6.45, 7) is -1.15. The van der Waals surface area contributed by atoms with Crippen LogP contribution in [0.15, 0.2) is 0 Å². The van der Waals surface area contributed by atoms with E-state index in [0.29, 0.717) is 0 Å². The van der Waals surface area contributed by atoms with Crippen molar-refractivity contribution in [3.63, 3.8) is 0 Å². The van der Waals surface area contributed by atoms with E-state index in [1.165, 1.54) is 7.11 Å². The van der Waals surface area contributed by atoms with Crippen molar-refractivity contribution in [2.75, 3.05) is 26.9 Å².